The van der Waals surface area contributed by atoms with Gasteiger partial charge in [-0.2, -0.15) is 4.98 Å². The second-order valence-electron chi connectivity index (χ2n) is 4.15. The van der Waals surface area contributed by atoms with Gasteiger partial charge in [0.15, 0.2) is 5.65 Å². The summed E-state index contributed by atoms with van der Waals surface area (Å²) < 4.78 is 20.6. The lowest BCUT2D eigenvalue weighted by molar-refractivity contribution is -0.0323. The molecule has 3 atom stereocenters. The molecule has 0 aliphatic carbocycles. The van der Waals surface area contributed by atoms with Crippen molar-refractivity contribution in [3.05, 3.63) is 12.5 Å². The smallest absolute Gasteiger partial charge is 0.222 e. The van der Waals surface area contributed by atoms with Gasteiger partial charge in [-0.3, -0.25) is 4.57 Å². The van der Waals surface area contributed by atoms with Crippen molar-refractivity contribution < 1.29 is 14.2 Å². The zero-order valence-electron chi connectivity index (χ0n) is 9.40. The van der Waals surface area contributed by atoms with Gasteiger partial charge in [-0.25, -0.2) is 14.4 Å². The monoisotopic (exact) mass is 253 g/mol. The number of aliphatic hydroxyl groups excluding tert-OH is 1. The average Bonchev–Trinajstić information content (AvgIpc) is 2.91. The standard InChI is InChI=1S/C10H12FN5O2/c11-5-1-8(18-7(5)3-17)16-4-14-6-2-13-10(12)15-9(6)16/h2,4-5,7-8,17H,1,3H2,(H2,12,13,15)/t5-,7+,8+/m0/s1. The number of aliphatic hydroxyl groups is 1. The van der Waals surface area contributed by atoms with Gasteiger partial charge in [0, 0.05) is 6.42 Å². The third-order valence-corrected chi connectivity index (χ3v) is 2.99. The first-order chi connectivity index (χ1) is 8.69. The first kappa shape index (κ1) is 11.3. The van der Waals surface area contributed by atoms with Gasteiger partial charge in [-0.15, -0.1) is 0 Å². The Morgan fingerprint density at radius 1 is 1.56 bits per heavy atom. The fourth-order valence-electron chi connectivity index (χ4n) is 2.07. The lowest BCUT2D eigenvalue weighted by Gasteiger charge is -2.13. The van der Waals surface area contributed by atoms with E-state index in [0.717, 1.165) is 0 Å². The number of imidazole rings is 1. The van der Waals surface area contributed by atoms with E-state index in [9.17, 15) is 4.39 Å². The summed E-state index contributed by atoms with van der Waals surface area (Å²) in [7, 11) is 0. The van der Waals surface area contributed by atoms with E-state index in [0.29, 0.717) is 11.2 Å². The maximum atomic E-state index is 13.5. The third kappa shape index (κ3) is 1.70. The molecule has 0 spiro atoms. The first-order valence-electron chi connectivity index (χ1n) is 5.54. The Hall–Kier alpha value is -1.80. The molecule has 96 valence electrons. The molecule has 0 aromatic carbocycles. The number of anilines is 1. The maximum Gasteiger partial charge on any atom is 0.222 e. The summed E-state index contributed by atoms with van der Waals surface area (Å²) in [4.78, 5) is 12.0. The van der Waals surface area contributed by atoms with Crippen LogP contribution in [0.25, 0.3) is 11.2 Å². The van der Waals surface area contributed by atoms with Gasteiger partial charge in [0.1, 0.15) is 24.0 Å². The van der Waals surface area contributed by atoms with Crippen LogP contribution >= 0.6 is 0 Å². The molecule has 0 radical (unpaired) electrons. The predicted molar refractivity (Wildman–Crippen MR) is 60.2 cm³/mol. The van der Waals surface area contributed by atoms with E-state index in [1.54, 1.807) is 4.57 Å². The van der Waals surface area contributed by atoms with Crippen molar-refractivity contribution in [1.29, 1.82) is 0 Å². The number of aromatic nitrogens is 4. The maximum absolute atomic E-state index is 13.5. The van der Waals surface area contributed by atoms with Crippen LogP contribution in [0.4, 0.5) is 10.3 Å². The number of nitrogens with zero attached hydrogens (tertiary/aromatic N) is 4. The van der Waals surface area contributed by atoms with Gasteiger partial charge in [-0.05, 0) is 0 Å². The van der Waals surface area contributed by atoms with Gasteiger partial charge in [0.25, 0.3) is 0 Å². The summed E-state index contributed by atoms with van der Waals surface area (Å²) in [6.07, 6.45) is 0.635. The molecular formula is C10H12FN5O2. The molecule has 2 aromatic rings. The van der Waals surface area contributed by atoms with E-state index in [1.807, 2.05) is 0 Å². The number of hydrogen-bond acceptors (Lipinski definition) is 6. The summed E-state index contributed by atoms with van der Waals surface area (Å²) >= 11 is 0. The van der Waals surface area contributed by atoms with Crippen LogP contribution in [-0.2, 0) is 4.74 Å². The number of hydrogen-bond donors (Lipinski definition) is 2. The average molecular weight is 253 g/mol. The molecule has 8 heteroatoms. The van der Waals surface area contributed by atoms with E-state index in [-0.39, 0.29) is 19.0 Å². The summed E-state index contributed by atoms with van der Waals surface area (Å²) in [5, 5.41) is 8.97. The number of halogens is 1. The van der Waals surface area contributed by atoms with Crippen LogP contribution in [0, 0.1) is 0 Å². The SMILES string of the molecule is Nc1ncc2ncn([C@H]3C[C@H](F)[C@@H](CO)O3)c2n1. The molecule has 2 aromatic heterocycles. The van der Waals surface area contributed by atoms with Crippen molar-refractivity contribution in [2.75, 3.05) is 12.3 Å². The minimum Gasteiger partial charge on any atom is -0.394 e. The Morgan fingerprint density at radius 2 is 2.39 bits per heavy atom. The molecular weight excluding hydrogens is 241 g/mol. The normalized spacial score (nSPS) is 28.0. The van der Waals surface area contributed by atoms with E-state index in [1.165, 1.54) is 12.5 Å². The van der Waals surface area contributed by atoms with Crippen LogP contribution in [0.15, 0.2) is 12.5 Å². The van der Waals surface area contributed by atoms with Crippen molar-refractivity contribution in [1.82, 2.24) is 19.5 Å². The van der Waals surface area contributed by atoms with Gasteiger partial charge >= 0.3 is 0 Å². The second kappa shape index (κ2) is 4.14. The molecule has 0 saturated carbocycles. The van der Waals surface area contributed by atoms with Crippen molar-refractivity contribution in [3.8, 4) is 0 Å². The molecule has 7 nitrogen and oxygen atoms in total. The van der Waals surface area contributed by atoms with Crippen LogP contribution in [0.5, 0.6) is 0 Å². The van der Waals surface area contributed by atoms with Crippen LogP contribution in [0.2, 0.25) is 0 Å². The minimum absolute atomic E-state index is 0.123. The highest BCUT2D eigenvalue weighted by molar-refractivity contribution is 5.70. The van der Waals surface area contributed by atoms with Crippen LogP contribution in [0.3, 0.4) is 0 Å². The number of nitrogen functional groups attached to an aromatic ring is 1. The quantitative estimate of drug-likeness (QED) is 0.783. The number of ether oxygens (including phenoxy) is 1. The molecule has 0 unspecified atom stereocenters. The Morgan fingerprint density at radius 3 is 3.11 bits per heavy atom. The topological polar surface area (TPSA) is 99.1 Å². The van der Waals surface area contributed by atoms with Gasteiger partial charge < -0.3 is 15.6 Å². The number of nitrogens with two attached hydrogens (primary N) is 1. The summed E-state index contributed by atoms with van der Waals surface area (Å²) in [5.41, 5.74) is 6.58. The third-order valence-electron chi connectivity index (χ3n) is 2.99. The summed E-state index contributed by atoms with van der Waals surface area (Å²) in [6, 6.07) is 0. The van der Waals surface area contributed by atoms with Gasteiger partial charge in [-0.1, -0.05) is 0 Å². The Kier molecular flexibility index (Phi) is 2.60. The van der Waals surface area contributed by atoms with Crippen molar-refractivity contribution in [2.45, 2.75) is 24.9 Å². The first-order valence-corrected chi connectivity index (χ1v) is 5.54. The zero-order chi connectivity index (χ0) is 12.7. The predicted octanol–water partition coefficient (Wildman–Crippen LogP) is 0.0264. The Labute approximate surface area is 101 Å². The largest absolute Gasteiger partial charge is 0.394 e. The highest BCUT2D eigenvalue weighted by atomic mass is 19.1. The summed E-state index contributed by atoms with van der Waals surface area (Å²) in [5.74, 6) is 0.123. The van der Waals surface area contributed by atoms with Crippen molar-refractivity contribution >= 4 is 17.1 Å². The van der Waals surface area contributed by atoms with E-state index >= 15 is 0 Å². The van der Waals surface area contributed by atoms with E-state index < -0.39 is 18.5 Å². The zero-order valence-corrected chi connectivity index (χ0v) is 9.40. The second-order valence-corrected chi connectivity index (χ2v) is 4.15. The molecule has 1 aliphatic rings. The lowest BCUT2D eigenvalue weighted by Crippen LogP contribution is -2.21. The fraction of sp³-hybridized carbons (Fsp3) is 0.500. The van der Waals surface area contributed by atoms with Gasteiger partial charge in [0.2, 0.25) is 5.95 Å². The lowest BCUT2D eigenvalue weighted by atomic mass is 10.2. The fourth-order valence-corrected chi connectivity index (χ4v) is 2.07. The molecule has 1 fully saturated rings. The highest BCUT2D eigenvalue weighted by Gasteiger charge is 2.36. The number of fused-ring (bicyclic) bond motifs is 1. The molecule has 3 heterocycles. The number of rotatable bonds is 2. The minimum atomic E-state index is -1.20. The molecule has 3 N–H and O–H groups in total. The highest BCUT2D eigenvalue weighted by Crippen LogP contribution is 2.32. The van der Waals surface area contributed by atoms with E-state index in [4.69, 9.17) is 15.6 Å². The van der Waals surface area contributed by atoms with Crippen LogP contribution in [-0.4, -0.2) is 43.5 Å². The van der Waals surface area contributed by atoms with Crippen molar-refractivity contribution in [3.63, 3.8) is 0 Å². The Balaban J connectivity index is 1.98. The van der Waals surface area contributed by atoms with Gasteiger partial charge in [0.05, 0.1) is 19.1 Å². The van der Waals surface area contributed by atoms with Crippen molar-refractivity contribution in [2.24, 2.45) is 0 Å². The van der Waals surface area contributed by atoms with Crippen LogP contribution < -0.4 is 5.73 Å². The molecule has 0 bridgehead atoms. The summed E-state index contributed by atoms with van der Waals surface area (Å²) in [6.45, 7) is -0.346. The van der Waals surface area contributed by atoms with E-state index in [2.05, 4.69) is 15.0 Å². The molecule has 1 saturated heterocycles. The molecule has 3 rings (SSSR count). The molecule has 18 heavy (non-hydrogen) atoms. The number of alkyl halides is 1. The molecule has 1 aliphatic heterocycles. The van der Waals surface area contributed by atoms with Crippen LogP contribution in [0.1, 0.15) is 12.6 Å². The molecule has 0 amide bonds. The Bertz CT molecular complexity index is 574.